The Bertz CT molecular complexity index is 3060. The molecule has 77 heavy (non-hydrogen) atoms. The van der Waals surface area contributed by atoms with Gasteiger partial charge in [-0.1, -0.05) is 185 Å². The van der Waals surface area contributed by atoms with Crippen LogP contribution in [-0.4, -0.2) is 62.5 Å². The number of para-hydroxylation sites is 2. The van der Waals surface area contributed by atoms with Gasteiger partial charge >= 0.3 is 18.5 Å². The lowest BCUT2D eigenvalue weighted by Gasteiger charge is -2.39. The molecule has 10 rings (SSSR count). The lowest BCUT2D eigenvalue weighted by molar-refractivity contribution is -0.384. The minimum absolute atomic E-state index is 0.0523. The zero-order valence-electron chi connectivity index (χ0n) is 43.2. The second-order valence-corrected chi connectivity index (χ2v) is 21.4. The molecule has 0 spiro atoms. The van der Waals surface area contributed by atoms with Crippen LogP contribution in [0.1, 0.15) is 64.2 Å². The average molecular weight is 1070 g/mol. The molecule has 0 atom stereocenters. The first-order valence-corrected chi connectivity index (χ1v) is 27.6. The number of hydrogen-bond donors (Lipinski definition) is 4. The third kappa shape index (κ3) is 16.4. The zero-order valence-corrected chi connectivity index (χ0v) is 44.8. The molecule has 6 aromatic carbocycles. The Morgan fingerprint density at radius 3 is 1.45 bits per heavy atom. The lowest BCUT2D eigenvalue weighted by Crippen LogP contribution is -2.29. The molecule has 0 radical (unpaired) electrons. The van der Waals surface area contributed by atoms with E-state index in [4.69, 9.17) is 31.1 Å². The first-order chi connectivity index (χ1) is 37.5. The molecule has 0 saturated heterocycles. The Labute approximate surface area is 456 Å². The fourth-order valence-electron chi connectivity index (χ4n) is 9.51. The molecule has 0 aliphatic heterocycles. The Hall–Kier alpha value is -7.68. The molecule has 2 aliphatic carbocycles. The molecule has 4 N–H and O–H groups in total. The second-order valence-electron chi connectivity index (χ2n) is 18.3. The normalized spacial score (nSPS) is 13.2. The predicted molar refractivity (Wildman–Crippen MR) is 313 cm³/mol. The van der Waals surface area contributed by atoms with Gasteiger partial charge in [0.25, 0.3) is 0 Å². The summed E-state index contributed by atoms with van der Waals surface area (Å²) in [6.45, 7) is 0. The summed E-state index contributed by atoms with van der Waals surface area (Å²) in [4.78, 5) is 29.4. The van der Waals surface area contributed by atoms with E-state index in [9.17, 15) is 20.2 Å². The number of aromatic nitrogens is 2. The number of hydrogen-bond acceptors (Lipinski definition) is 12. The Morgan fingerprint density at radius 1 is 0.545 bits per heavy atom. The molecule has 8 aromatic rings. The maximum absolute atomic E-state index is 11.2. The van der Waals surface area contributed by atoms with Crippen LogP contribution in [0.3, 0.4) is 0 Å². The third-order valence-electron chi connectivity index (χ3n) is 13.2. The molecule has 2 saturated carbocycles. The van der Waals surface area contributed by atoms with Gasteiger partial charge in [-0.25, -0.2) is 9.97 Å². The molecular weight excluding hydrogens is 1010 g/mol. The van der Waals surface area contributed by atoms with Crippen molar-refractivity contribution in [1.29, 1.82) is 0 Å². The van der Waals surface area contributed by atoms with E-state index >= 15 is 0 Å². The Morgan fingerprint density at radius 2 is 0.987 bits per heavy atom. The number of methoxy groups -OCH3 is 2. The first kappa shape index (κ1) is 57.0. The molecule has 2 fully saturated rings. The summed E-state index contributed by atoms with van der Waals surface area (Å²) >= 11 is 5.71. The van der Waals surface area contributed by atoms with Crippen LogP contribution in [0.4, 0.5) is 34.4 Å². The maximum Gasteiger partial charge on any atom is 0.488 e. The van der Waals surface area contributed by atoms with Crippen LogP contribution in [0, 0.1) is 20.2 Å². The average Bonchev–Trinajstić information content (AvgIpc) is 3.47. The monoisotopic (exact) mass is 1070 g/mol. The zero-order chi connectivity index (χ0) is 54.4. The molecule has 2 aromatic heterocycles. The van der Waals surface area contributed by atoms with Gasteiger partial charge in [0.15, 0.2) is 0 Å². The largest absolute Gasteiger partial charge is 0.496 e. The molecule has 396 valence electrons. The van der Waals surface area contributed by atoms with Gasteiger partial charge in [0, 0.05) is 29.1 Å². The highest BCUT2D eigenvalue weighted by Crippen LogP contribution is 2.57. The minimum Gasteiger partial charge on any atom is -0.496 e. The smallest absolute Gasteiger partial charge is 0.488 e. The number of benzene rings is 6. The van der Waals surface area contributed by atoms with Crippen molar-refractivity contribution in [2.75, 3.05) is 24.9 Å². The van der Waals surface area contributed by atoms with Crippen molar-refractivity contribution in [3.63, 3.8) is 0 Å². The first-order valence-electron chi connectivity index (χ1n) is 25.7. The fraction of sp³-hybridized carbons (Fsp3) is 0.233. The van der Waals surface area contributed by atoms with Gasteiger partial charge in [-0.15, -0.1) is 0 Å². The number of halogens is 1. The number of rotatable bonds is 14. The molecule has 0 unspecified atom stereocenters. The van der Waals surface area contributed by atoms with E-state index in [0.29, 0.717) is 16.8 Å². The van der Waals surface area contributed by atoms with Crippen LogP contribution >= 0.6 is 19.5 Å². The lowest BCUT2D eigenvalue weighted by atomic mass is 9.81. The van der Waals surface area contributed by atoms with Crippen LogP contribution in [0.5, 0.6) is 11.5 Å². The highest BCUT2D eigenvalue weighted by Gasteiger charge is 2.34. The molecule has 2 aliphatic rings. The molecule has 2 heterocycles. The summed E-state index contributed by atoms with van der Waals surface area (Å²) in [6, 6.07) is 57.7. The van der Waals surface area contributed by atoms with Gasteiger partial charge in [0.05, 0.1) is 35.3 Å². The van der Waals surface area contributed by atoms with E-state index in [1.165, 1.54) is 88.0 Å². The Balaban J connectivity index is 0.000000159. The topological polar surface area (TPSA) is 195 Å². The molecular formula is C60H63BClN6O8P. The number of nitrogens with zero attached hydrogens (tertiary/aromatic N) is 4. The highest BCUT2D eigenvalue weighted by molar-refractivity contribution is 7.67. The van der Waals surface area contributed by atoms with Crippen LogP contribution < -0.4 is 30.9 Å². The number of anilines is 4. The van der Waals surface area contributed by atoms with Gasteiger partial charge < -0.3 is 30.2 Å². The van der Waals surface area contributed by atoms with E-state index < -0.39 is 17.0 Å². The Kier molecular flexibility index (Phi) is 21.9. The van der Waals surface area contributed by atoms with E-state index in [2.05, 4.69) is 57.0 Å². The van der Waals surface area contributed by atoms with E-state index in [1.807, 2.05) is 91.0 Å². The van der Waals surface area contributed by atoms with Gasteiger partial charge in [0.2, 0.25) is 11.6 Å². The van der Waals surface area contributed by atoms with E-state index in [1.54, 1.807) is 62.0 Å². The maximum atomic E-state index is 11.2. The van der Waals surface area contributed by atoms with E-state index in [0.717, 1.165) is 39.6 Å². The minimum atomic E-state index is -1.34. The van der Waals surface area contributed by atoms with Crippen molar-refractivity contribution in [1.82, 2.24) is 9.97 Å². The number of pyridine rings is 2. The summed E-state index contributed by atoms with van der Waals surface area (Å²) in [5.74, 6) is 2.20. The summed E-state index contributed by atoms with van der Waals surface area (Å²) in [5.41, 5.74) is 7.65. The van der Waals surface area contributed by atoms with Crippen molar-refractivity contribution in [2.24, 2.45) is 0 Å². The molecule has 17 heteroatoms. The van der Waals surface area contributed by atoms with Crippen LogP contribution in [-0.2, 0) is 0 Å². The number of nitro groups is 2. The van der Waals surface area contributed by atoms with E-state index in [-0.39, 0.29) is 36.1 Å². The standard InChI is InChI=1S/C26H35O2P.C17H13N3O2.C11H8ClN3O2.C6H7BO2/c1-27-23-17-11-18-24(28-2)26(23)22-16-9-10-19-25(22)29(20-12-5-3-6-13-20)21-14-7-4-8-15-21;21-20(22)16-12-11-15(13-7-3-1-4-8-13)19-17(16)18-14-9-5-2-6-10-14;12-10-7-6-9(15(16)17)11(14-10)13-8-4-2-1-3-5-8;8-7(9)6-4-2-1-3-5-6/h9-11,16-21H,3-8,12-15H2,1-2H3;1-12H,(H,18,19);1-7H,(H,13,14);1-5,8-9H. The highest BCUT2D eigenvalue weighted by atomic mass is 35.5. The SMILES string of the molecule is COc1cccc(OC)c1-c1ccccc1P(C1CCCCC1)C1CCCCC1.O=[N+]([O-])c1ccc(-c2ccccc2)nc1Nc1ccccc1.O=[N+]([O-])c1ccc(Cl)nc1Nc1ccccc1.OB(O)c1ccccc1. The summed E-state index contributed by atoms with van der Waals surface area (Å²) in [6.07, 6.45) is 14.2. The van der Waals surface area contributed by atoms with Gasteiger partial charge in [-0.2, -0.15) is 0 Å². The van der Waals surface area contributed by atoms with Crippen molar-refractivity contribution in [3.8, 4) is 33.9 Å². The quantitative estimate of drug-likeness (QED) is 0.0265. The summed E-state index contributed by atoms with van der Waals surface area (Å²) in [5, 5.41) is 46.8. The predicted octanol–water partition coefficient (Wildman–Crippen LogP) is 14.3. The third-order valence-corrected chi connectivity index (χ3v) is 16.9. The van der Waals surface area contributed by atoms with Crippen molar-refractivity contribution < 1.29 is 29.4 Å². The van der Waals surface area contributed by atoms with Crippen LogP contribution in [0.2, 0.25) is 5.15 Å². The number of ether oxygens (including phenoxy) is 2. The second kappa shape index (κ2) is 29.6. The van der Waals surface area contributed by atoms with Gasteiger partial charge in [-0.3, -0.25) is 20.2 Å². The van der Waals surface area contributed by atoms with Crippen molar-refractivity contribution in [2.45, 2.75) is 75.5 Å². The van der Waals surface area contributed by atoms with Crippen LogP contribution in [0.25, 0.3) is 22.4 Å². The molecule has 14 nitrogen and oxygen atoms in total. The molecule has 0 bridgehead atoms. The van der Waals surface area contributed by atoms with Crippen LogP contribution in [0.15, 0.2) is 188 Å². The summed E-state index contributed by atoms with van der Waals surface area (Å²) < 4.78 is 11.6. The van der Waals surface area contributed by atoms with Crippen molar-refractivity contribution in [3.05, 3.63) is 213 Å². The number of nitrogens with one attached hydrogen (secondary N) is 2. The molecule has 0 amide bonds. The summed E-state index contributed by atoms with van der Waals surface area (Å²) in [7, 11) is 2.02. The van der Waals surface area contributed by atoms with Gasteiger partial charge in [0.1, 0.15) is 16.7 Å². The van der Waals surface area contributed by atoms with Crippen molar-refractivity contribution >= 4 is 71.8 Å². The fourth-order valence-corrected chi connectivity index (χ4v) is 13.6. The van der Waals surface area contributed by atoms with Gasteiger partial charge in [-0.05, 0) is 102 Å².